The summed E-state index contributed by atoms with van der Waals surface area (Å²) in [4.78, 5) is 0. The zero-order chi connectivity index (χ0) is 37.1. The van der Waals surface area contributed by atoms with Crippen molar-refractivity contribution in [2.24, 2.45) is 23.0 Å². The van der Waals surface area contributed by atoms with Gasteiger partial charge in [-0.3, -0.25) is 0 Å². The Labute approximate surface area is 305 Å². The van der Waals surface area contributed by atoms with Gasteiger partial charge in [0.1, 0.15) is 0 Å². The SMILES string of the molecule is CC.CC(C)C(C)(C)c1cccc(C2CC2)c1C#N.CC=CC(C)(C1CC=CC=C1C1CN1)C(C)(C)N.Cc1ccc(-c2ccccc2)cc1. The molecule has 50 heavy (non-hydrogen) atoms. The summed E-state index contributed by atoms with van der Waals surface area (Å²) >= 11 is 0. The van der Waals surface area contributed by atoms with Gasteiger partial charge in [-0.25, -0.2) is 0 Å². The molecule has 3 N–H and O–H groups in total. The molecule has 268 valence electrons. The van der Waals surface area contributed by atoms with Gasteiger partial charge in [-0.05, 0) is 98.0 Å². The Balaban J connectivity index is 0.000000200. The summed E-state index contributed by atoms with van der Waals surface area (Å²) in [5, 5.41) is 12.9. The van der Waals surface area contributed by atoms with E-state index in [4.69, 9.17) is 5.73 Å². The van der Waals surface area contributed by atoms with Gasteiger partial charge in [0.05, 0.1) is 11.6 Å². The normalized spacial score (nSPS) is 19.4. The first-order valence-electron chi connectivity index (χ1n) is 18.9. The molecule has 1 aliphatic heterocycles. The lowest BCUT2D eigenvalue weighted by Gasteiger charge is -2.47. The molecule has 0 radical (unpaired) electrons. The standard InChI is InChI=1S/C16H26N2.C16H21N.C13H12.C2H6/c1-5-10-16(4,15(2,3)17)13-9-7-6-8-12(13)14-11-18-14;1-11(2)16(3,4)15-7-5-6-13(12-8-9-12)14(15)10-17;1-11-7-9-13(10-8-11)12-5-3-2-4-6-12;1-2/h5-8,10,13-14,18H,9,11,17H2,1-4H3;5-7,11-12H,8-9H2,1-4H3;2-10H,1H3;1-2H3. The lowest BCUT2D eigenvalue weighted by Crippen LogP contribution is -2.53. The Morgan fingerprint density at radius 3 is 1.98 bits per heavy atom. The number of rotatable bonds is 8. The Morgan fingerprint density at radius 1 is 0.880 bits per heavy atom. The summed E-state index contributed by atoms with van der Waals surface area (Å²) in [5.74, 6) is 1.68. The molecule has 0 amide bonds. The molecule has 0 spiro atoms. The Bertz CT molecular complexity index is 1620. The number of allylic oxidation sites excluding steroid dienone is 4. The lowest BCUT2D eigenvalue weighted by molar-refractivity contribution is 0.166. The van der Waals surface area contributed by atoms with Crippen LogP contribution in [0.4, 0.5) is 0 Å². The molecule has 3 aromatic carbocycles. The maximum Gasteiger partial charge on any atom is 0.0997 e. The van der Waals surface area contributed by atoms with E-state index in [1.165, 1.54) is 46.2 Å². The van der Waals surface area contributed by atoms with Crippen molar-refractivity contribution in [1.82, 2.24) is 5.32 Å². The predicted octanol–water partition coefficient (Wildman–Crippen LogP) is 11.8. The average Bonchev–Trinajstić information content (AvgIpc) is 4.04. The van der Waals surface area contributed by atoms with E-state index in [9.17, 15) is 5.26 Å². The van der Waals surface area contributed by atoms with Crippen LogP contribution in [-0.2, 0) is 5.41 Å². The second-order valence-corrected chi connectivity index (χ2v) is 15.6. The third-order valence-corrected chi connectivity index (χ3v) is 11.2. The van der Waals surface area contributed by atoms with Crippen molar-refractivity contribution in [2.45, 2.75) is 118 Å². The molecule has 3 aliphatic rings. The Morgan fingerprint density at radius 2 is 1.48 bits per heavy atom. The molecule has 3 aromatic rings. The van der Waals surface area contributed by atoms with Crippen LogP contribution in [-0.4, -0.2) is 18.1 Å². The molecule has 0 aromatic heterocycles. The lowest BCUT2D eigenvalue weighted by atomic mass is 9.60. The average molecular weight is 672 g/mol. The topological polar surface area (TPSA) is 71.8 Å². The Hall–Kier alpha value is -3.71. The fraction of sp³-hybridized carbons (Fsp3) is 0.468. The third kappa shape index (κ3) is 10.2. The van der Waals surface area contributed by atoms with E-state index in [1.54, 1.807) is 0 Å². The number of hydrogen-bond acceptors (Lipinski definition) is 3. The van der Waals surface area contributed by atoms with E-state index in [2.05, 4.69) is 171 Å². The molecule has 2 fully saturated rings. The van der Waals surface area contributed by atoms with Crippen LogP contribution < -0.4 is 11.1 Å². The molecule has 1 saturated heterocycles. The molecule has 6 rings (SSSR count). The maximum atomic E-state index is 9.47. The van der Waals surface area contributed by atoms with Crippen LogP contribution in [0.5, 0.6) is 0 Å². The highest BCUT2D eigenvalue weighted by Crippen LogP contribution is 2.47. The number of nitriles is 1. The van der Waals surface area contributed by atoms with Gasteiger partial charge in [-0.2, -0.15) is 5.26 Å². The molecule has 3 nitrogen and oxygen atoms in total. The summed E-state index contributed by atoms with van der Waals surface area (Å²) < 4.78 is 0. The second kappa shape index (κ2) is 18.0. The van der Waals surface area contributed by atoms with Crippen LogP contribution in [0.25, 0.3) is 11.1 Å². The highest BCUT2D eigenvalue weighted by molar-refractivity contribution is 5.63. The molecule has 3 atom stereocenters. The van der Waals surface area contributed by atoms with Crippen molar-refractivity contribution >= 4 is 0 Å². The highest BCUT2D eigenvalue weighted by Gasteiger charge is 2.46. The number of nitrogens with one attached hydrogen (secondary N) is 1. The summed E-state index contributed by atoms with van der Waals surface area (Å²) in [5.41, 5.74) is 15.1. The van der Waals surface area contributed by atoms with Crippen molar-refractivity contribution < 1.29 is 0 Å². The van der Waals surface area contributed by atoms with Crippen molar-refractivity contribution in [3.8, 4) is 17.2 Å². The van der Waals surface area contributed by atoms with Crippen molar-refractivity contribution in [2.75, 3.05) is 6.54 Å². The molecular weight excluding hydrogens is 607 g/mol. The van der Waals surface area contributed by atoms with E-state index in [0.717, 1.165) is 18.5 Å². The third-order valence-electron chi connectivity index (χ3n) is 11.2. The first-order chi connectivity index (χ1) is 23.7. The van der Waals surface area contributed by atoms with E-state index in [-0.39, 0.29) is 16.4 Å². The predicted molar refractivity (Wildman–Crippen MR) is 217 cm³/mol. The smallest absolute Gasteiger partial charge is 0.0997 e. The van der Waals surface area contributed by atoms with Crippen LogP contribution >= 0.6 is 0 Å². The number of hydrogen-bond donors (Lipinski definition) is 2. The van der Waals surface area contributed by atoms with Crippen molar-refractivity contribution in [3.05, 3.63) is 131 Å². The second-order valence-electron chi connectivity index (χ2n) is 15.6. The number of nitrogens with zero attached hydrogens (tertiary/aromatic N) is 1. The van der Waals surface area contributed by atoms with Gasteiger partial charge in [-0.15, -0.1) is 0 Å². The number of nitrogens with two attached hydrogens (primary N) is 1. The van der Waals surface area contributed by atoms with Gasteiger partial charge >= 0.3 is 0 Å². The van der Waals surface area contributed by atoms with Crippen LogP contribution in [0.1, 0.15) is 117 Å². The fourth-order valence-electron chi connectivity index (χ4n) is 6.67. The van der Waals surface area contributed by atoms with Crippen molar-refractivity contribution in [3.63, 3.8) is 0 Å². The van der Waals surface area contributed by atoms with Gasteiger partial charge in [-0.1, -0.05) is 157 Å². The van der Waals surface area contributed by atoms with Crippen LogP contribution in [0.15, 0.2) is 109 Å². The molecular formula is C47H65N3. The fourth-order valence-corrected chi connectivity index (χ4v) is 6.67. The van der Waals surface area contributed by atoms with Crippen molar-refractivity contribution in [1.29, 1.82) is 5.26 Å². The zero-order valence-electron chi connectivity index (χ0n) is 33.0. The first kappa shape index (κ1) is 40.7. The van der Waals surface area contributed by atoms with E-state index in [1.807, 2.05) is 19.9 Å². The van der Waals surface area contributed by atoms with Gasteiger partial charge in [0.2, 0.25) is 0 Å². The largest absolute Gasteiger partial charge is 0.325 e. The van der Waals surface area contributed by atoms with E-state index < -0.39 is 0 Å². The van der Waals surface area contributed by atoms with Gasteiger partial charge in [0.15, 0.2) is 0 Å². The molecule has 1 saturated carbocycles. The molecule has 3 heteroatoms. The quantitative estimate of drug-likeness (QED) is 0.185. The molecule has 0 bridgehead atoms. The van der Waals surface area contributed by atoms with Crippen LogP contribution in [0.3, 0.4) is 0 Å². The van der Waals surface area contributed by atoms with E-state index >= 15 is 0 Å². The zero-order valence-corrected chi connectivity index (χ0v) is 33.0. The molecule has 1 heterocycles. The summed E-state index contributed by atoms with van der Waals surface area (Å²) in [6, 6.07) is 28.4. The maximum absolute atomic E-state index is 9.47. The van der Waals surface area contributed by atoms with Crippen LogP contribution in [0, 0.1) is 35.5 Å². The van der Waals surface area contributed by atoms with E-state index in [0.29, 0.717) is 23.8 Å². The van der Waals surface area contributed by atoms with Gasteiger partial charge in [0, 0.05) is 23.5 Å². The van der Waals surface area contributed by atoms with Gasteiger partial charge < -0.3 is 11.1 Å². The minimum atomic E-state index is -0.233. The summed E-state index contributed by atoms with van der Waals surface area (Å²) in [6.07, 6.45) is 14.8. The van der Waals surface area contributed by atoms with Crippen LogP contribution in [0.2, 0.25) is 0 Å². The minimum Gasteiger partial charge on any atom is -0.325 e. The monoisotopic (exact) mass is 672 g/mol. The molecule has 3 unspecified atom stereocenters. The summed E-state index contributed by atoms with van der Waals surface area (Å²) in [7, 11) is 0. The number of benzene rings is 3. The Kier molecular flexibility index (Phi) is 14.6. The number of aryl methyl sites for hydroxylation is 1. The van der Waals surface area contributed by atoms with Gasteiger partial charge in [0.25, 0.3) is 0 Å². The highest BCUT2D eigenvalue weighted by atomic mass is 15.1. The first-order valence-corrected chi connectivity index (χ1v) is 18.9. The summed E-state index contributed by atoms with van der Waals surface area (Å²) in [6.45, 7) is 24.8. The minimum absolute atomic E-state index is 0.0113. The molecule has 2 aliphatic carbocycles.